The summed E-state index contributed by atoms with van der Waals surface area (Å²) in [4.78, 5) is 23.3. The lowest BCUT2D eigenvalue weighted by molar-refractivity contribution is -0.136. The van der Waals surface area contributed by atoms with E-state index in [0.717, 1.165) is 18.4 Å². The zero-order valence-electron chi connectivity index (χ0n) is 12.4. The molecule has 0 saturated carbocycles. The number of anilines is 1. The highest BCUT2D eigenvalue weighted by Crippen LogP contribution is 2.09. The molecule has 110 valence electrons. The number of rotatable bonds is 7. The van der Waals surface area contributed by atoms with E-state index in [0.29, 0.717) is 12.2 Å². The minimum absolute atomic E-state index is 0.559. The van der Waals surface area contributed by atoms with Gasteiger partial charge < -0.3 is 10.6 Å². The molecule has 4 nitrogen and oxygen atoms in total. The highest BCUT2D eigenvalue weighted by molar-refractivity contribution is 6.39. The van der Waals surface area contributed by atoms with Gasteiger partial charge in [-0.15, -0.1) is 0 Å². The predicted octanol–water partition coefficient (Wildman–Crippen LogP) is 3.02. The van der Waals surface area contributed by atoms with Crippen molar-refractivity contribution in [2.24, 2.45) is 0 Å². The molecule has 0 aromatic heterocycles. The monoisotopic (exact) mass is 276 g/mol. The summed E-state index contributed by atoms with van der Waals surface area (Å²) in [7, 11) is 0. The Bertz CT molecular complexity index is 444. The van der Waals surface area contributed by atoms with Crippen molar-refractivity contribution in [1.29, 1.82) is 0 Å². The molecule has 0 saturated heterocycles. The number of carbonyl (C=O) groups is 2. The lowest BCUT2D eigenvalue weighted by Crippen LogP contribution is -2.35. The summed E-state index contributed by atoms with van der Waals surface area (Å²) < 4.78 is 0. The molecule has 2 amide bonds. The third kappa shape index (κ3) is 6.36. The molecule has 0 bridgehead atoms. The summed E-state index contributed by atoms with van der Waals surface area (Å²) in [5.74, 6) is -1.17. The maximum Gasteiger partial charge on any atom is 0.313 e. The zero-order chi connectivity index (χ0) is 14.8. The molecule has 0 fully saturated rings. The van der Waals surface area contributed by atoms with Gasteiger partial charge in [-0.3, -0.25) is 9.59 Å². The molecule has 0 aliphatic carbocycles. The van der Waals surface area contributed by atoms with Crippen molar-refractivity contribution in [1.82, 2.24) is 5.32 Å². The summed E-state index contributed by atoms with van der Waals surface area (Å²) in [6.45, 7) is 4.66. The van der Waals surface area contributed by atoms with Crippen molar-refractivity contribution >= 4 is 17.5 Å². The SMILES string of the molecule is CCCCCCCNC(=O)C(=O)Nc1cccc(C)c1. The Morgan fingerprint density at radius 1 is 1.05 bits per heavy atom. The van der Waals surface area contributed by atoms with Crippen molar-refractivity contribution in [3.05, 3.63) is 29.8 Å². The number of unbranched alkanes of at least 4 members (excludes halogenated alkanes) is 4. The van der Waals surface area contributed by atoms with Gasteiger partial charge in [0.05, 0.1) is 0 Å². The van der Waals surface area contributed by atoms with Crippen LogP contribution in [0.15, 0.2) is 24.3 Å². The van der Waals surface area contributed by atoms with Gasteiger partial charge in [-0.2, -0.15) is 0 Å². The second-order valence-electron chi connectivity index (χ2n) is 4.99. The second-order valence-corrected chi connectivity index (χ2v) is 4.99. The molecule has 0 radical (unpaired) electrons. The second kappa shape index (κ2) is 9.13. The minimum atomic E-state index is -0.607. The first-order chi connectivity index (χ1) is 9.63. The number of hydrogen-bond donors (Lipinski definition) is 2. The van der Waals surface area contributed by atoms with Crippen LogP contribution in [0, 0.1) is 6.92 Å². The molecule has 1 rings (SSSR count). The molecule has 0 unspecified atom stereocenters. The lowest BCUT2D eigenvalue weighted by atomic mass is 10.1. The van der Waals surface area contributed by atoms with E-state index in [-0.39, 0.29) is 0 Å². The fourth-order valence-corrected chi connectivity index (χ4v) is 1.92. The van der Waals surface area contributed by atoms with Gasteiger partial charge in [0.25, 0.3) is 0 Å². The first-order valence-electron chi connectivity index (χ1n) is 7.29. The summed E-state index contributed by atoms with van der Waals surface area (Å²) in [6.07, 6.45) is 5.62. The summed E-state index contributed by atoms with van der Waals surface area (Å²) in [5.41, 5.74) is 1.69. The summed E-state index contributed by atoms with van der Waals surface area (Å²) in [5, 5.41) is 5.24. The van der Waals surface area contributed by atoms with Crippen LogP contribution in [-0.2, 0) is 9.59 Å². The maximum atomic E-state index is 11.7. The smallest absolute Gasteiger partial charge is 0.313 e. The number of carbonyl (C=O) groups excluding carboxylic acids is 2. The molecule has 0 heterocycles. The number of nitrogens with one attached hydrogen (secondary N) is 2. The third-order valence-corrected chi connectivity index (χ3v) is 3.05. The van der Waals surface area contributed by atoms with Crippen LogP contribution in [0.3, 0.4) is 0 Å². The van der Waals surface area contributed by atoms with Crippen molar-refractivity contribution < 1.29 is 9.59 Å². The lowest BCUT2D eigenvalue weighted by Gasteiger charge is -2.07. The van der Waals surface area contributed by atoms with Gasteiger partial charge in [-0.25, -0.2) is 0 Å². The predicted molar refractivity (Wildman–Crippen MR) is 81.6 cm³/mol. The Kier molecular flexibility index (Phi) is 7.40. The summed E-state index contributed by atoms with van der Waals surface area (Å²) >= 11 is 0. The van der Waals surface area contributed by atoms with Crippen LogP contribution < -0.4 is 10.6 Å². The number of amides is 2. The highest BCUT2D eigenvalue weighted by atomic mass is 16.2. The van der Waals surface area contributed by atoms with Crippen LogP contribution >= 0.6 is 0 Å². The maximum absolute atomic E-state index is 11.7. The van der Waals surface area contributed by atoms with Crippen molar-refractivity contribution in [2.45, 2.75) is 46.0 Å². The third-order valence-electron chi connectivity index (χ3n) is 3.05. The van der Waals surface area contributed by atoms with Crippen LogP contribution in [-0.4, -0.2) is 18.4 Å². The van der Waals surface area contributed by atoms with E-state index in [9.17, 15) is 9.59 Å². The number of aryl methyl sites for hydroxylation is 1. The Balaban J connectivity index is 2.24. The van der Waals surface area contributed by atoms with Gasteiger partial charge >= 0.3 is 11.8 Å². The Morgan fingerprint density at radius 2 is 1.80 bits per heavy atom. The summed E-state index contributed by atoms with van der Waals surface area (Å²) in [6, 6.07) is 7.38. The Morgan fingerprint density at radius 3 is 2.50 bits per heavy atom. The molecule has 0 aliphatic rings. The van der Waals surface area contributed by atoms with Crippen LogP contribution in [0.25, 0.3) is 0 Å². The van der Waals surface area contributed by atoms with Crippen molar-refractivity contribution in [2.75, 3.05) is 11.9 Å². The van der Waals surface area contributed by atoms with Crippen LogP contribution in [0.2, 0.25) is 0 Å². The van der Waals surface area contributed by atoms with E-state index in [2.05, 4.69) is 17.6 Å². The highest BCUT2D eigenvalue weighted by Gasteiger charge is 2.12. The molecule has 4 heteroatoms. The largest absolute Gasteiger partial charge is 0.348 e. The van der Waals surface area contributed by atoms with Gasteiger partial charge in [0, 0.05) is 12.2 Å². The van der Waals surface area contributed by atoms with Crippen LogP contribution in [0.1, 0.15) is 44.6 Å². The molecule has 20 heavy (non-hydrogen) atoms. The van der Waals surface area contributed by atoms with Gasteiger partial charge in [-0.05, 0) is 31.0 Å². The zero-order valence-corrected chi connectivity index (χ0v) is 12.4. The van der Waals surface area contributed by atoms with Gasteiger partial charge in [0.2, 0.25) is 0 Å². The van der Waals surface area contributed by atoms with Crippen molar-refractivity contribution in [3.63, 3.8) is 0 Å². The minimum Gasteiger partial charge on any atom is -0.348 e. The average Bonchev–Trinajstić information content (AvgIpc) is 2.42. The molecular formula is C16H24N2O2. The topological polar surface area (TPSA) is 58.2 Å². The fraction of sp³-hybridized carbons (Fsp3) is 0.500. The van der Waals surface area contributed by atoms with Crippen LogP contribution in [0.5, 0.6) is 0 Å². The van der Waals surface area contributed by atoms with Crippen molar-refractivity contribution in [3.8, 4) is 0 Å². The standard InChI is InChI=1S/C16H24N2O2/c1-3-4-5-6-7-11-17-15(19)16(20)18-14-10-8-9-13(2)12-14/h8-10,12H,3-7,11H2,1-2H3,(H,17,19)(H,18,20). The Hall–Kier alpha value is -1.84. The molecule has 1 aromatic rings. The van der Waals surface area contributed by atoms with Crippen LogP contribution in [0.4, 0.5) is 5.69 Å². The molecule has 2 N–H and O–H groups in total. The number of benzene rings is 1. The molecule has 0 atom stereocenters. The fourth-order valence-electron chi connectivity index (χ4n) is 1.92. The molecule has 1 aromatic carbocycles. The van der Waals surface area contributed by atoms with E-state index in [1.807, 2.05) is 25.1 Å². The van der Waals surface area contributed by atoms with Gasteiger partial charge in [0.15, 0.2) is 0 Å². The molecule has 0 aliphatic heterocycles. The van der Waals surface area contributed by atoms with E-state index < -0.39 is 11.8 Å². The number of hydrogen-bond acceptors (Lipinski definition) is 2. The van der Waals surface area contributed by atoms with Gasteiger partial charge in [0.1, 0.15) is 0 Å². The first kappa shape index (κ1) is 16.2. The normalized spacial score (nSPS) is 10.1. The van der Waals surface area contributed by atoms with E-state index in [1.165, 1.54) is 19.3 Å². The van der Waals surface area contributed by atoms with E-state index >= 15 is 0 Å². The van der Waals surface area contributed by atoms with Gasteiger partial charge in [-0.1, -0.05) is 44.7 Å². The Labute approximate surface area is 121 Å². The van der Waals surface area contributed by atoms with E-state index in [4.69, 9.17) is 0 Å². The average molecular weight is 276 g/mol. The quantitative estimate of drug-likeness (QED) is 0.594. The van der Waals surface area contributed by atoms with E-state index in [1.54, 1.807) is 6.07 Å². The first-order valence-corrected chi connectivity index (χ1v) is 7.29. The molecular weight excluding hydrogens is 252 g/mol. The molecule has 0 spiro atoms.